The van der Waals surface area contributed by atoms with Gasteiger partial charge in [-0.2, -0.15) is 0 Å². The first-order valence-electron chi connectivity index (χ1n) is 5.96. The maximum atomic E-state index is 10.9. The number of rotatable bonds is 3. The van der Waals surface area contributed by atoms with Gasteiger partial charge in [0.15, 0.2) is 5.13 Å². The van der Waals surface area contributed by atoms with E-state index in [1.807, 2.05) is 37.3 Å². The van der Waals surface area contributed by atoms with E-state index >= 15 is 0 Å². The van der Waals surface area contributed by atoms with Crippen LogP contribution >= 0.6 is 11.3 Å². The van der Waals surface area contributed by atoms with Crippen LogP contribution < -0.4 is 5.32 Å². The number of benzene rings is 1. The molecular formula is C14H11N3O2S. The first-order chi connectivity index (χ1) is 9.63. The Morgan fingerprint density at radius 1 is 1.30 bits per heavy atom. The number of hydrogen-bond donors (Lipinski definition) is 2. The number of hydrogen-bond acceptors (Lipinski definition) is 5. The molecule has 1 aromatic carbocycles. The van der Waals surface area contributed by atoms with Gasteiger partial charge in [0.25, 0.3) is 0 Å². The summed E-state index contributed by atoms with van der Waals surface area (Å²) >= 11 is 1.10. The molecule has 0 radical (unpaired) electrons. The minimum Gasteiger partial charge on any atom is -0.477 e. The highest BCUT2D eigenvalue weighted by Crippen LogP contribution is 2.27. The molecule has 0 unspecified atom stereocenters. The van der Waals surface area contributed by atoms with Gasteiger partial charge in [-0.1, -0.05) is 29.5 Å². The van der Waals surface area contributed by atoms with E-state index in [0.717, 1.165) is 33.6 Å². The zero-order chi connectivity index (χ0) is 14.1. The Morgan fingerprint density at radius 3 is 2.90 bits per heavy atom. The quantitative estimate of drug-likeness (QED) is 0.771. The number of carboxylic acids is 1. The molecule has 0 atom stereocenters. The van der Waals surface area contributed by atoms with Gasteiger partial charge in [0, 0.05) is 11.1 Å². The van der Waals surface area contributed by atoms with Gasteiger partial charge in [-0.3, -0.25) is 4.98 Å². The van der Waals surface area contributed by atoms with Crippen molar-refractivity contribution in [3.05, 3.63) is 47.1 Å². The number of aromatic carboxylic acids is 1. The third kappa shape index (κ3) is 2.33. The van der Waals surface area contributed by atoms with Crippen molar-refractivity contribution in [2.75, 3.05) is 5.32 Å². The zero-order valence-electron chi connectivity index (χ0n) is 10.6. The molecule has 3 rings (SSSR count). The predicted molar refractivity (Wildman–Crippen MR) is 78.8 cm³/mol. The molecule has 0 aliphatic heterocycles. The van der Waals surface area contributed by atoms with E-state index in [2.05, 4.69) is 15.3 Å². The Hall–Kier alpha value is -2.47. The fourth-order valence-electron chi connectivity index (χ4n) is 1.89. The number of aryl methyl sites for hydroxylation is 1. The summed E-state index contributed by atoms with van der Waals surface area (Å²) in [6.45, 7) is 1.93. The lowest BCUT2D eigenvalue weighted by molar-refractivity contribution is 0.0702. The lowest BCUT2D eigenvalue weighted by atomic mass is 10.2. The number of pyridine rings is 1. The summed E-state index contributed by atoms with van der Waals surface area (Å²) in [5.41, 5.74) is 2.59. The second-order valence-corrected chi connectivity index (χ2v) is 5.32. The molecular weight excluding hydrogens is 274 g/mol. The van der Waals surface area contributed by atoms with E-state index in [-0.39, 0.29) is 4.88 Å². The SMILES string of the molecule is Cc1ccc2cccc(Nc3ncc(C(=O)O)s3)c2n1. The lowest BCUT2D eigenvalue weighted by Gasteiger charge is -2.07. The summed E-state index contributed by atoms with van der Waals surface area (Å²) in [4.78, 5) is 19.6. The topological polar surface area (TPSA) is 75.1 Å². The van der Waals surface area contributed by atoms with E-state index in [9.17, 15) is 4.79 Å². The van der Waals surface area contributed by atoms with E-state index < -0.39 is 5.97 Å². The van der Waals surface area contributed by atoms with Gasteiger partial charge in [0.1, 0.15) is 4.88 Å². The zero-order valence-corrected chi connectivity index (χ0v) is 11.4. The summed E-state index contributed by atoms with van der Waals surface area (Å²) in [6.07, 6.45) is 1.35. The number of carbonyl (C=O) groups is 1. The number of thiazole rings is 1. The molecule has 0 saturated carbocycles. The second-order valence-electron chi connectivity index (χ2n) is 4.29. The molecule has 2 heterocycles. The molecule has 2 N–H and O–H groups in total. The highest BCUT2D eigenvalue weighted by Gasteiger charge is 2.10. The number of aromatic nitrogens is 2. The van der Waals surface area contributed by atoms with Crippen molar-refractivity contribution >= 4 is 39.0 Å². The molecule has 0 fully saturated rings. The summed E-state index contributed by atoms with van der Waals surface area (Å²) in [5, 5.41) is 13.6. The largest absolute Gasteiger partial charge is 0.477 e. The van der Waals surface area contributed by atoms with Gasteiger partial charge in [0.2, 0.25) is 0 Å². The lowest BCUT2D eigenvalue weighted by Crippen LogP contribution is -1.93. The summed E-state index contributed by atoms with van der Waals surface area (Å²) < 4.78 is 0. The maximum absolute atomic E-state index is 10.9. The van der Waals surface area contributed by atoms with Crippen LogP contribution in [0.25, 0.3) is 10.9 Å². The molecule has 6 heteroatoms. The molecule has 0 aliphatic carbocycles. The number of nitrogens with zero attached hydrogens (tertiary/aromatic N) is 2. The van der Waals surface area contributed by atoms with Gasteiger partial charge in [-0.15, -0.1) is 0 Å². The van der Waals surface area contributed by atoms with Gasteiger partial charge < -0.3 is 10.4 Å². The average molecular weight is 285 g/mol. The Balaban J connectivity index is 2.01. The normalized spacial score (nSPS) is 10.7. The predicted octanol–water partition coefficient (Wildman–Crippen LogP) is 3.44. The maximum Gasteiger partial charge on any atom is 0.347 e. The number of fused-ring (bicyclic) bond motifs is 1. The van der Waals surface area contributed by atoms with Crippen LogP contribution in [0.15, 0.2) is 36.5 Å². The monoisotopic (exact) mass is 285 g/mol. The van der Waals surface area contributed by atoms with Gasteiger partial charge in [-0.25, -0.2) is 9.78 Å². The van der Waals surface area contributed by atoms with Crippen LogP contribution in [0.2, 0.25) is 0 Å². The number of anilines is 2. The molecule has 3 aromatic rings. The van der Waals surface area contributed by atoms with E-state index in [1.54, 1.807) is 0 Å². The fourth-order valence-corrected chi connectivity index (χ4v) is 2.56. The molecule has 0 bridgehead atoms. The minimum absolute atomic E-state index is 0.205. The van der Waals surface area contributed by atoms with E-state index in [0.29, 0.717) is 5.13 Å². The van der Waals surface area contributed by atoms with Crippen LogP contribution in [0.5, 0.6) is 0 Å². The molecule has 0 spiro atoms. The first-order valence-corrected chi connectivity index (χ1v) is 6.77. The van der Waals surface area contributed by atoms with E-state index in [4.69, 9.17) is 5.11 Å². The molecule has 2 aromatic heterocycles. The van der Waals surface area contributed by atoms with Crippen LogP contribution in [0.1, 0.15) is 15.4 Å². The van der Waals surface area contributed by atoms with Crippen molar-refractivity contribution < 1.29 is 9.90 Å². The molecule has 5 nitrogen and oxygen atoms in total. The van der Waals surface area contributed by atoms with Crippen molar-refractivity contribution in [2.45, 2.75) is 6.92 Å². The molecule has 0 aliphatic rings. The molecule has 0 amide bonds. The highest BCUT2D eigenvalue weighted by atomic mass is 32.1. The minimum atomic E-state index is -0.970. The van der Waals surface area contributed by atoms with E-state index in [1.165, 1.54) is 6.20 Å². The highest BCUT2D eigenvalue weighted by molar-refractivity contribution is 7.17. The van der Waals surface area contributed by atoms with Crippen LogP contribution in [0, 0.1) is 6.92 Å². The van der Waals surface area contributed by atoms with Gasteiger partial charge >= 0.3 is 5.97 Å². The second kappa shape index (κ2) is 4.90. The Morgan fingerprint density at radius 2 is 2.15 bits per heavy atom. The van der Waals surface area contributed by atoms with Crippen LogP contribution in [0.3, 0.4) is 0 Å². The first kappa shape index (κ1) is 12.6. The number of nitrogens with one attached hydrogen (secondary N) is 1. The molecule has 0 saturated heterocycles. The van der Waals surface area contributed by atoms with Crippen molar-refractivity contribution in [3.8, 4) is 0 Å². The van der Waals surface area contributed by atoms with Crippen molar-refractivity contribution in [1.29, 1.82) is 0 Å². The van der Waals surface area contributed by atoms with Crippen molar-refractivity contribution in [2.24, 2.45) is 0 Å². The van der Waals surface area contributed by atoms with Crippen LogP contribution in [-0.2, 0) is 0 Å². The Labute approximate surface area is 118 Å². The summed E-state index contributed by atoms with van der Waals surface area (Å²) in [7, 11) is 0. The van der Waals surface area contributed by atoms with Crippen molar-refractivity contribution in [3.63, 3.8) is 0 Å². The standard InChI is InChI=1S/C14H11N3O2S/c1-8-5-6-9-3-2-4-10(12(9)16-8)17-14-15-7-11(20-14)13(18)19/h2-7H,1H3,(H,15,17)(H,18,19). The third-order valence-electron chi connectivity index (χ3n) is 2.82. The Kier molecular flexibility index (Phi) is 3.08. The summed E-state index contributed by atoms with van der Waals surface area (Å²) in [6, 6.07) is 9.77. The Bertz CT molecular complexity index is 798. The molecule has 100 valence electrons. The summed E-state index contributed by atoms with van der Waals surface area (Å²) in [5.74, 6) is -0.970. The fraction of sp³-hybridized carbons (Fsp3) is 0.0714. The van der Waals surface area contributed by atoms with Crippen LogP contribution in [0.4, 0.5) is 10.8 Å². The van der Waals surface area contributed by atoms with Gasteiger partial charge in [-0.05, 0) is 19.1 Å². The third-order valence-corrected chi connectivity index (χ3v) is 3.72. The molecule has 20 heavy (non-hydrogen) atoms. The number of para-hydroxylation sites is 1. The average Bonchev–Trinajstić information content (AvgIpc) is 2.88. The smallest absolute Gasteiger partial charge is 0.347 e. The van der Waals surface area contributed by atoms with Gasteiger partial charge in [0.05, 0.1) is 17.4 Å². The number of carboxylic acid groups (broad SMARTS) is 1. The van der Waals surface area contributed by atoms with Crippen molar-refractivity contribution in [1.82, 2.24) is 9.97 Å². The van der Waals surface area contributed by atoms with Crippen LogP contribution in [-0.4, -0.2) is 21.0 Å².